The van der Waals surface area contributed by atoms with Gasteiger partial charge in [0, 0.05) is 19.5 Å². The predicted molar refractivity (Wildman–Crippen MR) is 76.1 cm³/mol. The number of methoxy groups -OCH3 is 1. The number of nitriles is 1. The van der Waals surface area contributed by atoms with Crippen LogP contribution in [0.4, 0.5) is 0 Å². The van der Waals surface area contributed by atoms with Gasteiger partial charge in [-0.3, -0.25) is 4.90 Å². The molecule has 1 aromatic rings. The summed E-state index contributed by atoms with van der Waals surface area (Å²) in [6.45, 7) is 2.68. The highest BCUT2D eigenvalue weighted by Gasteiger charge is 2.39. The van der Waals surface area contributed by atoms with E-state index in [0.717, 1.165) is 11.3 Å². The number of hydrogen-bond acceptors (Lipinski definition) is 4. The zero-order valence-corrected chi connectivity index (χ0v) is 11.6. The zero-order valence-electron chi connectivity index (χ0n) is 11.6. The highest BCUT2D eigenvalue weighted by atomic mass is 16.5. The molecule has 2 rings (SSSR count). The summed E-state index contributed by atoms with van der Waals surface area (Å²) < 4.78 is 10.5. The molecular formula is C16H18N2O2. The predicted octanol–water partition coefficient (Wildman–Crippen LogP) is 1.77. The van der Waals surface area contributed by atoms with Gasteiger partial charge in [0.25, 0.3) is 0 Å². The summed E-state index contributed by atoms with van der Waals surface area (Å²) in [6, 6.07) is 9.97. The minimum Gasteiger partial charge on any atom is -0.497 e. The lowest BCUT2D eigenvalue weighted by Crippen LogP contribution is -2.50. The van der Waals surface area contributed by atoms with E-state index in [1.165, 1.54) is 0 Å². The number of benzene rings is 1. The van der Waals surface area contributed by atoms with E-state index >= 15 is 0 Å². The van der Waals surface area contributed by atoms with Crippen LogP contribution in [0, 0.1) is 23.7 Å². The molecule has 0 N–H and O–H groups in total. The second-order valence-electron chi connectivity index (χ2n) is 4.68. The molecule has 1 aliphatic heterocycles. The maximum atomic E-state index is 9.78. The van der Waals surface area contributed by atoms with Crippen LogP contribution in [0.2, 0.25) is 0 Å². The molecule has 1 fully saturated rings. The summed E-state index contributed by atoms with van der Waals surface area (Å²) >= 11 is 0. The third-order valence-electron chi connectivity index (χ3n) is 3.66. The van der Waals surface area contributed by atoms with Gasteiger partial charge >= 0.3 is 0 Å². The monoisotopic (exact) mass is 270 g/mol. The molecule has 0 amide bonds. The lowest BCUT2D eigenvalue weighted by atomic mass is 9.86. The van der Waals surface area contributed by atoms with E-state index in [1.807, 2.05) is 24.3 Å². The van der Waals surface area contributed by atoms with Crippen LogP contribution in [-0.2, 0) is 10.3 Å². The third kappa shape index (κ3) is 2.63. The number of rotatable bonds is 4. The molecular weight excluding hydrogens is 252 g/mol. The Morgan fingerprint density at radius 3 is 2.50 bits per heavy atom. The molecule has 1 saturated heterocycles. The summed E-state index contributed by atoms with van der Waals surface area (Å²) in [6.07, 6.45) is 5.86. The quantitative estimate of drug-likeness (QED) is 0.782. The zero-order chi connectivity index (χ0) is 14.4. The lowest BCUT2D eigenvalue weighted by Gasteiger charge is -2.40. The number of morpholine rings is 1. The van der Waals surface area contributed by atoms with Gasteiger partial charge in [-0.2, -0.15) is 5.26 Å². The molecule has 1 atom stereocenters. The molecule has 4 heteroatoms. The van der Waals surface area contributed by atoms with Crippen molar-refractivity contribution in [2.75, 3.05) is 33.4 Å². The Bertz CT molecular complexity index is 521. The largest absolute Gasteiger partial charge is 0.497 e. The maximum absolute atomic E-state index is 9.78. The minimum absolute atomic E-state index is 0.357. The van der Waals surface area contributed by atoms with Crippen LogP contribution in [-0.4, -0.2) is 38.3 Å². The molecule has 0 radical (unpaired) electrons. The Morgan fingerprint density at radius 2 is 2.00 bits per heavy atom. The van der Waals surface area contributed by atoms with Crippen molar-refractivity contribution in [1.82, 2.24) is 4.90 Å². The number of terminal acetylenes is 1. The first-order valence-corrected chi connectivity index (χ1v) is 6.59. The summed E-state index contributed by atoms with van der Waals surface area (Å²) in [5.74, 6) is 3.41. The number of ether oxygens (including phenoxy) is 2. The van der Waals surface area contributed by atoms with Crippen molar-refractivity contribution in [3.8, 4) is 24.2 Å². The van der Waals surface area contributed by atoms with Gasteiger partial charge in [-0.25, -0.2) is 0 Å². The van der Waals surface area contributed by atoms with Gasteiger partial charge in [0.2, 0.25) is 0 Å². The average Bonchev–Trinajstić information content (AvgIpc) is 2.54. The van der Waals surface area contributed by atoms with Crippen molar-refractivity contribution in [3.05, 3.63) is 29.8 Å². The van der Waals surface area contributed by atoms with Crippen LogP contribution in [0.1, 0.15) is 12.0 Å². The van der Waals surface area contributed by atoms with Gasteiger partial charge in [-0.1, -0.05) is 12.1 Å². The molecule has 20 heavy (non-hydrogen) atoms. The Kier molecular flexibility index (Phi) is 4.63. The fourth-order valence-electron chi connectivity index (χ4n) is 2.53. The van der Waals surface area contributed by atoms with E-state index in [9.17, 15) is 5.26 Å². The molecule has 1 heterocycles. The van der Waals surface area contributed by atoms with Crippen LogP contribution >= 0.6 is 0 Å². The molecule has 104 valence electrons. The molecule has 4 nitrogen and oxygen atoms in total. The molecule has 1 aromatic carbocycles. The van der Waals surface area contributed by atoms with Gasteiger partial charge < -0.3 is 9.47 Å². The Morgan fingerprint density at radius 1 is 1.35 bits per heavy atom. The number of nitrogens with zero attached hydrogens (tertiary/aromatic N) is 2. The lowest BCUT2D eigenvalue weighted by molar-refractivity contribution is -0.00372. The third-order valence-corrected chi connectivity index (χ3v) is 3.66. The van der Waals surface area contributed by atoms with E-state index in [1.54, 1.807) is 7.11 Å². The van der Waals surface area contributed by atoms with Crippen molar-refractivity contribution >= 4 is 0 Å². The topological polar surface area (TPSA) is 45.5 Å². The van der Waals surface area contributed by atoms with Gasteiger partial charge in [-0.15, -0.1) is 12.3 Å². The Hall–Kier alpha value is -2.01. The molecule has 0 spiro atoms. The smallest absolute Gasteiger partial charge is 0.145 e. The van der Waals surface area contributed by atoms with Gasteiger partial charge in [-0.05, 0) is 17.7 Å². The van der Waals surface area contributed by atoms with Crippen molar-refractivity contribution < 1.29 is 9.47 Å². The van der Waals surface area contributed by atoms with E-state index in [4.69, 9.17) is 15.9 Å². The first-order valence-electron chi connectivity index (χ1n) is 6.59. The number of hydrogen-bond donors (Lipinski definition) is 0. The SMILES string of the molecule is C#CCC(C#N)(c1ccc(OC)cc1)N1CCOCC1. The van der Waals surface area contributed by atoms with E-state index in [2.05, 4.69) is 16.9 Å². The first-order chi connectivity index (χ1) is 9.76. The van der Waals surface area contributed by atoms with Crippen LogP contribution in [0.25, 0.3) is 0 Å². The highest BCUT2D eigenvalue weighted by Crippen LogP contribution is 2.33. The van der Waals surface area contributed by atoms with Crippen LogP contribution in [0.5, 0.6) is 5.75 Å². The molecule has 1 aliphatic rings. The van der Waals surface area contributed by atoms with Crippen LogP contribution < -0.4 is 4.74 Å². The van der Waals surface area contributed by atoms with Crippen molar-refractivity contribution in [3.63, 3.8) is 0 Å². The molecule has 0 bridgehead atoms. The summed E-state index contributed by atoms with van der Waals surface area (Å²) in [5, 5.41) is 9.78. The summed E-state index contributed by atoms with van der Waals surface area (Å²) in [5.41, 5.74) is 0.116. The van der Waals surface area contributed by atoms with Crippen LogP contribution in [0.3, 0.4) is 0 Å². The second kappa shape index (κ2) is 6.43. The summed E-state index contributed by atoms with van der Waals surface area (Å²) in [7, 11) is 1.62. The van der Waals surface area contributed by atoms with Crippen molar-refractivity contribution in [2.24, 2.45) is 0 Å². The van der Waals surface area contributed by atoms with Gasteiger partial charge in [0.05, 0.1) is 26.4 Å². The molecule has 1 unspecified atom stereocenters. The first kappa shape index (κ1) is 14.4. The molecule has 0 aromatic heterocycles. The standard InChI is InChI=1S/C16H18N2O2/c1-3-8-16(13-17,18-9-11-20-12-10-18)14-4-6-15(19-2)7-5-14/h1,4-7H,8-12H2,2H3. The van der Waals surface area contributed by atoms with Crippen LogP contribution in [0.15, 0.2) is 24.3 Å². The Labute approximate surface area is 119 Å². The van der Waals surface area contributed by atoms with E-state index in [-0.39, 0.29) is 0 Å². The van der Waals surface area contributed by atoms with Crippen molar-refractivity contribution in [2.45, 2.75) is 12.0 Å². The maximum Gasteiger partial charge on any atom is 0.145 e. The Balaban J connectivity index is 2.39. The van der Waals surface area contributed by atoms with E-state index < -0.39 is 5.54 Å². The molecule has 0 aliphatic carbocycles. The normalized spacial score (nSPS) is 18.6. The second-order valence-corrected chi connectivity index (χ2v) is 4.68. The fourth-order valence-corrected chi connectivity index (χ4v) is 2.53. The average molecular weight is 270 g/mol. The highest BCUT2D eigenvalue weighted by molar-refractivity contribution is 5.37. The molecule has 0 saturated carbocycles. The van der Waals surface area contributed by atoms with E-state index in [0.29, 0.717) is 32.7 Å². The fraction of sp³-hybridized carbons (Fsp3) is 0.438. The summed E-state index contributed by atoms with van der Waals surface area (Å²) in [4.78, 5) is 2.11. The van der Waals surface area contributed by atoms with Crippen molar-refractivity contribution in [1.29, 1.82) is 5.26 Å². The minimum atomic E-state index is -0.787. The van der Waals surface area contributed by atoms with Gasteiger partial charge in [0.1, 0.15) is 11.3 Å². The van der Waals surface area contributed by atoms with Gasteiger partial charge in [0.15, 0.2) is 0 Å².